The van der Waals surface area contributed by atoms with Crippen LogP contribution in [0.3, 0.4) is 0 Å². The summed E-state index contributed by atoms with van der Waals surface area (Å²) in [7, 11) is 3.75. The van der Waals surface area contributed by atoms with Crippen LogP contribution < -0.4 is 5.32 Å². The van der Waals surface area contributed by atoms with E-state index in [1.165, 1.54) is 61.2 Å². The Bertz CT molecular complexity index is 2810. The summed E-state index contributed by atoms with van der Waals surface area (Å²) in [6.45, 7) is 4.58. The zero-order chi connectivity index (χ0) is 42.5. The number of nitrogens with one attached hydrogen (secondary N) is 1. The third-order valence-corrected chi connectivity index (χ3v) is 12.0. The molecule has 0 fully saturated rings. The van der Waals surface area contributed by atoms with E-state index < -0.39 is 5.41 Å². The number of fused-ring (bicyclic) bond motifs is 3. The van der Waals surface area contributed by atoms with Crippen LogP contribution in [0, 0.1) is 5.92 Å². The predicted octanol–water partition coefficient (Wildman–Crippen LogP) is 14.2. The molecule has 0 aliphatic heterocycles. The number of pyridine rings is 2. The second-order valence-corrected chi connectivity index (χ2v) is 16.7. The van der Waals surface area contributed by atoms with Gasteiger partial charge in [-0.3, -0.25) is 9.97 Å². The Morgan fingerprint density at radius 3 is 1.31 bits per heavy atom. The second kappa shape index (κ2) is 17.8. The molecule has 1 N–H and O–H groups in total. The van der Waals surface area contributed by atoms with Crippen molar-refractivity contribution in [1.82, 2.24) is 15.3 Å². The SMILES string of the molecule is CC(C)Cc1ccc(C2(c3cccc(-c4ccc(-c5ccc(-c6cc(-c7cccnc7)cc(-c7cccnc7)c6)cc5)cc4)c3)c3ccccc3-c3ccccc32)cc1.CNC. The molecule has 0 saturated carbocycles. The molecule has 302 valence electrons. The highest BCUT2D eigenvalue weighted by Gasteiger charge is 2.46. The maximum atomic E-state index is 4.39. The highest BCUT2D eigenvalue weighted by Crippen LogP contribution is 2.56. The predicted molar refractivity (Wildman–Crippen MR) is 260 cm³/mol. The monoisotopic (exact) mass is 801 g/mol. The lowest BCUT2D eigenvalue weighted by molar-refractivity contribution is 0.646. The van der Waals surface area contributed by atoms with Crippen LogP contribution in [0.1, 0.15) is 41.7 Å². The third-order valence-electron chi connectivity index (χ3n) is 12.0. The molecule has 0 saturated heterocycles. The highest BCUT2D eigenvalue weighted by molar-refractivity contribution is 5.87. The number of nitrogens with zero attached hydrogens (tertiary/aromatic N) is 2. The van der Waals surface area contributed by atoms with Crippen molar-refractivity contribution < 1.29 is 0 Å². The van der Waals surface area contributed by atoms with Crippen molar-refractivity contribution in [2.45, 2.75) is 25.7 Å². The summed E-state index contributed by atoms with van der Waals surface area (Å²) in [6, 6.07) is 69.5. The maximum Gasteiger partial charge on any atom is 0.0713 e. The van der Waals surface area contributed by atoms with Gasteiger partial charge in [-0.2, -0.15) is 0 Å². The van der Waals surface area contributed by atoms with E-state index in [-0.39, 0.29) is 0 Å². The number of benzene rings is 7. The molecule has 0 amide bonds. The number of aromatic nitrogens is 2. The topological polar surface area (TPSA) is 37.8 Å². The molecule has 3 nitrogen and oxygen atoms in total. The molecule has 62 heavy (non-hydrogen) atoms. The van der Waals surface area contributed by atoms with E-state index in [0.29, 0.717) is 5.92 Å². The molecule has 3 heteroatoms. The number of hydrogen-bond acceptors (Lipinski definition) is 3. The van der Waals surface area contributed by atoms with Crippen LogP contribution >= 0.6 is 0 Å². The molecule has 2 heterocycles. The van der Waals surface area contributed by atoms with Gasteiger partial charge in [0.25, 0.3) is 0 Å². The average molecular weight is 802 g/mol. The Kier molecular flexibility index (Phi) is 11.5. The molecule has 10 rings (SSSR count). The van der Waals surface area contributed by atoms with Crippen molar-refractivity contribution in [3.63, 3.8) is 0 Å². The summed E-state index contributed by atoms with van der Waals surface area (Å²) < 4.78 is 0. The van der Waals surface area contributed by atoms with Crippen LogP contribution in [0.25, 0.3) is 66.8 Å². The molecule has 0 radical (unpaired) electrons. The van der Waals surface area contributed by atoms with E-state index in [1.54, 1.807) is 0 Å². The Morgan fingerprint density at radius 1 is 0.403 bits per heavy atom. The Morgan fingerprint density at radius 2 is 0.839 bits per heavy atom. The summed E-state index contributed by atoms with van der Waals surface area (Å²) in [5.74, 6) is 0.609. The standard InChI is InChI=1S/C57H44N2.C2H7N/c1-39(2)32-40-18-28-51(29-19-40)57(55-16-5-3-14-53(55)54-15-4-6-17-56(54)57)52-13-7-10-45(36-52)43-24-20-41(21-25-43)42-22-26-44(27-23-42)48-33-49(46-11-8-30-58-37-46)35-50(34-48)47-12-9-31-59-38-47;1-3-2/h3-31,33-39H,32H2,1-2H3;3H,1-2H3. The van der Waals surface area contributed by atoms with Crippen molar-refractivity contribution >= 4 is 0 Å². The molecule has 0 bridgehead atoms. The van der Waals surface area contributed by atoms with Crippen LogP contribution in [0.4, 0.5) is 0 Å². The Hall–Kier alpha value is -7.20. The van der Waals surface area contributed by atoms with Crippen LogP contribution in [0.15, 0.2) is 213 Å². The zero-order valence-electron chi connectivity index (χ0n) is 35.9. The van der Waals surface area contributed by atoms with Gasteiger partial charge in [0.05, 0.1) is 5.41 Å². The van der Waals surface area contributed by atoms with Gasteiger partial charge in [0.2, 0.25) is 0 Å². The average Bonchev–Trinajstić information content (AvgIpc) is 3.63. The molecular formula is C59H51N3. The van der Waals surface area contributed by atoms with Gasteiger partial charge < -0.3 is 5.32 Å². The van der Waals surface area contributed by atoms with Gasteiger partial charge in [-0.15, -0.1) is 0 Å². The molecule has 7 aromatic carbocycles. The summed E-state index contributed by atoms with van der Waals surface area (Å²) in [4.78, 5) is 8.78. The summed E-state index contributed by atoms with van der Waals surface area (Å²) in [5.41, 5.74) is 20.4. The largest absolute Gasteiger partial charge is 0.323 e. The van der Waals surface area contributed by atoms with Crippen LogP contribution in [-0.2, 0) is 11.8 Å². The lowest BCUT2D eigenvalue weighted by Gasteiger charge is -2.34. The lowest BCUT2D eigenvalue weighted by Crippen LogP contribution is -2.28. The summed E-state index contributed by atoms with van der Waals surface area (Å²) in [5, 5.41) is 2.75. The summed E-state index contributed by atoms with van der Waals surface area (Å²) >= 11 is 0. The first-order chi connectivity index (χ1) is 30.5. The quantitative estimate of drug-likeness (QED) is 0.158. The number of hydrogen-bond donors (Lipinski definition) is 1. The molecular weight excluding hydrogens is 751 g/mol. The van der Waals surface area contributed by atoms with E-state index in [1.807, 2.05) is 51.0 Å². The van der Waals surface area contributed by atoms with Gasteiger partial charge in [-0.25, -0.2) is 0 Å². The molecule has 0 unspecified atom stereocenters. The van der Waals surface area contributed by atoms with Crippen LogP contribution in [-0.4, -0.2) is 24.1 Å². The van der Waals surface area contributed by atoms with Crippen LogP contribution in [0.2, 0.25) is 0 Å². The minimum Gasteiger partial charge on any atom is -0.323 e. The highest BCUT2D eigenvalue weighted by atomic mass is 14.7. The van der Waals surface area contributed by atoms with E-state index in [9.17, 15) is 0 Å². The van der Waals surface area contributed by atoms with E-state index >= 15 is 0 Å². The first-order valence-electron chi connectivity index (χ1n) is 21.6. The Balaban J connectivity index is 0.00000159. The zero-order valence-corrected chi connectivity index (χ0v) is 35.9. The van der Waals surface area contributed by atoms with Gasteiger partial charge in [0, 0.05) is 35.9 Å². The van der Waals surface area contributed by atoms with Crippen molar-refractivity contribution in [3.8, 4) is 66.8 Å². The van der Waals surface area contributed by atoms with Gasteiger partial charge in [0.1, 0.15) is 0 Å². The minimum atomic E-state index is -0.433. The fraction of sp³-hybridized carbons (Fsp3) is 0.119. The van der Waals surface area contributed by atoms with Crippen molar-refractivity contribution in [2.75, 3.05) is 14.1 Å². The Labute approximate surface area is 366 Å². The van der Waals surface area contributed by atoms with Crippen LogP contribution in [0.5, 0.6) is 0 Å². The molecule has 2 aromatic heterocycles. The van der Waals surface area contributed by atoms with Crippen molar-refractivity contribution in [2.24, 2.45) is 5.92 Å². The molecule has 0 spiro atoms. The minimum absolute atomic E-state index is 0.433. The van der Waals surface area contributed by atoms with Crippen molar-refractivity contribution in [1.29, 1.82) is 0 Å². The normalized spacial score (nSPS) is 12.3. The molecule has 0 atom stereocenters. The molecule has 1 aliphatic rings. The van der Waals surface area contributed by atoms with E-state index in [4.69, 9.17) is 0 Å². The smallest absolute Gasteiger partial charge is 0.0713 e. The van der Waals surface area contributed by atoms with Gasteiger partial charge >= 0.3 is 0 Å². The van der Waals surface area contributed by atoms with Gasteiger partial charge in [-0.05, 0) is 146 Å². The second-order valence-electron chi connectivity index (χ2n) is 16.7. The maximum absolute atomic E-state index is 4.39. The van der Waals surface area contributed by atoms with Gasteiger partial charge in [-0.1, -0.05) is 166 Å². The third kappa shape index (κ3) is 7.80. The fourth-order valence-corrected chi connectivity index (χ4v) is 9.22. The molecule has 9 aromatic rings. The molecule has 1 aliphatic carbocycles. The lowest BCUT2D eigenvalue weighted by atomic mass is 9.67. The van der Waals surface area contributed by atoms with Gasteiger partial charge in [0.15, 0.2) is 0 Å². The first-order valence-corrected chi connectivity index (χ1v) is 21.6. The van der Waals surface area contributed by atoms with E-state index in [2.05, 4.69) is 205 Å². The first kappa shape index (κ1) is 40.2. The van der Waals surface area contributed by atoms with Crippen molar-refractivity contribution in [3.05, 3.63) is 241 Å². The number of rotatable bonds is 9. The van der Waals surface area contributed by atoms with E-state index in [0.717, 1.165) is 39.8 Å². The fourth-order valence-electron chi connectivity index (χ4n) is 9.22. The summed E-state index contributed by atoms with van der Waals surface area (Å²) in [6.07, 6.45) is 8.55.